The van der Waals surface area contributed by atoms with Crippen molar-refractivity contribution in [3.8, 4) is 17.0 Å². The van der Waals surface area contributed by atoms with Gasteiger partial charge in [-0.3, -0.25) is 9.48 Å². The van der Waals surface area contributed by atoms with E-state index >= 15 is 0 Å². The molecule has 1 aromatic carbocycles. The largest absolute Gasteiger partial charge is 0.492 e. The van der Waals surface area contributed by atoms with Crippen molar-refractivity contribution in [2.45, 2.75) is 78.9 Å². The summed E-state index contributed by atoms with van der Waals surface area (Å²) in [6.45, 7) is 15.7. The van der Waals surface area contributed by atoms with Crippen LogP contribution < -0.4 is 10.1 Å². The van der Waals surface area contributed by atoms with Crippen LogP contribution in [0.25, 0.3) is 11.3 Å². The van der Waals surface area contributed by atoms with Gasteiger partial charge in [0.1, 0.15) is 18.0 Å². The second kappa shape index (κ2) is 18.0. The molecule has 210 valence electrons. The fraction of sp³-hybridized carbons (Fsp3) is 0.484. The Labute approximate surface area is 229 Å². The topological polar surface area (TPSA) is 85.6 Å². The molecule has 2 N–H and O–H groups in total. The Morgan fingerprint density at radius 2 is 1.87 bits per heavy atom. The van der Waals surface area contributed by atoms with Crippen molar-refractivity contribution in [2.75, 3.05) is 13.2 Å². The second-order valence-electron chi connectivity index (χ2n) is 9.46. The first-order chi connectivity index (χ1) is 18.1. The minimum atomic E-state index is -0.832. The van der Waals surface area contributed by atoms with Crippen LogP contribution in [0.3, 0.4) is 0 Å². The minimum Gasteiger partial charge on any atom is -0.492 e. The Morgan fingerprint density at radius 3 is 2.45 bits per heavy atom. The molecule has 2 aromatic rings. The summed E-state index contributed by atoms with van der Waals surface area (Å²) in [5.74, 6) is 0.899. The summed E-state index contributed by atoms with van der Waals surface area (Å²) in [5.41, 5.74) is 2.64. The van der Waals surface area contributed by atoms with Gasteiger partial charge in [0, 0.05) is 25.6 Å². The van der Waals surface area contributed by atoms with Gasteiger partial charge in [-0.15, -0.1) is 0 Å². The molecule has 0 fully saturated rings. The molecule has 7 heteroatoms. The fourth-order valence-electron chi connectivity index (χ4n) is 3.65. The van der Waals surface area contributed by atoms with Gasteiger partial charge >= 0.3 is 5.97 Å². The minimum absolute atomic E-state index is 0.0140. The zero-order chi connectivity index (χ0) is 28.4. The Bertz CT molecular complexity index is 1020. The monoisotopic (exact) mass is 525 g/mol. The number of carbonyl (C=O) groups is 1. The number of aryl methyl sites for hydroxylation is 1. The number of hydrogen-bond acceptors (Lipinski definition) is 5. The average Bonchev–Trinajstić information content (AvgIpc) is 3.25. The number of ether oxygens (including phenoxy) is 2. The molecule has 0 spiro atoms. The number of allylic oxidation sites excluding steroid dienone is 4. The number of hydrogen-bond donors (Lipinski definition) is 2. The predicted octanol–water partition coefficient (Wildman–Crippen LogP) is 7.06. The molecule has 2 rings (SSSR count). The lowest BCUT2D eigenvalue weighted by Crippen LogP contribution is -2.27. The molecule has 0 bridgehead atoms. The first-order valence-electron chi connectivity index (χ1n) is 13.5. The molecular formula is C31H47N3O4. The van der Waals surface area contributed by atoms with Crippen LogP contribution >= 0.6 is 0 Å². The molecule has 1 aromatic heterocycles. The van der Waals surface area contributed by atoms with Gasteiger partial charge in [0.25, 0.3) is 0 Å². The van der Waals surface area contributed by atoms with Crippen LogP contribution in [0, 0.1) is 0 Å². The highest BCUT2D eigenvalue weighted by molar-refractivity contribution is 5.68. The van der Waals surface area contributed by atoms with Crippen molar-refractivity contribution in [3.63, 3.8) is 0 Å². The molecule has 0 aliphatic carbocycles. The van der Waals surface area contributed by atoms with Crippen molar-refractivity contribution >= 4 is 5.97 Å². The van der Waals surface area contributed by atoms with E-state index in [0.29, 0.717) is 6.61 Å². The molecule has 0 radical (unpaired) electrons. The van der Waals surface area contributed by atoms with Crippen LogP contribution in [0.15, 0.2) is 67.0 Å². The van der Waals surface area contributed by atoms with E-state index in [1.165, 1.54) is 0 Å². The quantitative estimate of drug-likeness (QED) is 0.139. The molecule has 0 amide bonds. The van der Waals surface area contributed by atoms with Gasteiger partial charge in [-0.05, 0) is 76.1 Å². The van der Waals surface area contributed by atoms with Gasteiger partial charge in [-0.2, -0.15) is 5.10 Å². The smallest absolute Gasteiger partial charge is 0.307 e. The van der Waals surface area contributed by atoms with E-state index < -0.39 is 11.6 Å². The third kappa shape index (κ3) is 13.3. The number of nitrogens with one attached hydrogen (secondary N) is 1. The number of unbranched alkanes of at least 4 members (excludes halogenated alkanes) is 1. The van der Waals surface area contributed by atoms with E-state index in [0.717, 1.165) is 67.2 Å². The van der Waals surface area contributed by atoms with Crippen molar-refractivity contribution in [3.05, 3.63) is 72.7 Å². The van der Waals surface area contributed by atoms with Gasteiger partial charge in [0.05, 0.1) is 23.6 Å². The highest BCUT2D eigenvalue weighted by Gasteiger charge is 2.24. The summed E-state index contributed by atoms with van der Waals surface area (Å²) < 4.78 is 13.2. The van der Waals surface area contributed by atoms with E-state index in [4.69, 9.17) is 14.6 Å². The highest BCUT2D eigenvalue weighted by Crippen LogP contribution is 2.23. The molecule has 38 heavy (non-hydrogen) atoms. The third-order valence-electron chi connectivity index (χ3n) is 5.44. The van der Waals surface area contributed by atoms with Gasteiger partial charge < -0.3 is 19.9 Å². The molecule has 0 atom stereocenters. The van der Waals surface area contributed by atoms with E-state index in [1.807, 2.05) is 56.8 Å². The number of benzene rings is 1. The third-order valence-corrected chi connectivity index (χ3v) is 5.44. The Balaban J connectivity index is 0.000000383. The molecule has 0 saturated heterocycles. The number of rotatable bonds is 16. The van der Waals surface area contributed by atoms with Gasteiger partial charge in [0.2, 0.25) is 0 Å². The van der Waals surface area contributed by atoms with E-state index in [1.54, 1.807) is 6.08 Å². The van der Waals surface area contributed by atoms with Crippen LogP contribution in [-0.2, 0) is 23.1 Å². The van der Waals surface area contributed by atoms with Crippen molar-refractivity contribution in [2.24, 2.45) is 7.05 Å². The van der Waals surface area contributed by atoms with Crippen LogP contribution in [0.4, 0.5) is 0 Å². The lowest BCUT2D eigenvalue weighted by molar-refractivity contribution is -0.142. The van der Waals surface area contributed by atoms with Crippen molar-refractivity contribution in [1.82, 2.24) is 15.1 Å². The zero-order valence-corrected chi connectivity index (χ0v) is 24.1. The summed E-state index contributed by atoms with van der Waals surface area (Å²) in [4.78, 5) is 10.7. The fourth-order valence-corrected chi connectivity index (χ4v) is 3.65. The number of carboxylic acid groups (broad SMARTS) is 1. The number of carboxylic acids is 1. The van der Waals surface area contributed by atoms with Crippen molar-refractivity contribution in [1.29, 1.82) is 0 Å². The molecule has 0 unspecified atom stereocenters. The standard InChI is InChI=1S/C16H21N3O.C15H26O3/c1-4-10-20-15-8-6-13(7-9-15)16-11-14(12-17-5-2)18-19(16)3;1-5-7-8-9-10-11-13(6-2)18-15(3,4)12-14(16)17/h4,6-9,11,17H,1,5,10,12H2,2-3H3;7-8,11H,5-6,9-10,12H2,1-4H3,(H,16,17)/b;8-7-,13-11+. The summed E-state index contributed by atoms with van der Waals surface area (Å²) in [5, 5.41) is 16.6. The predicted molar refractivity (Wildman–Crippen MR) is 156 cm³/mol. The van der Waals surface area contributed by atoms with Crippen LogP contribution in [0.1, 0.15) is 72.4 Å². The lowest BCUT2D eigenvalue weighted by atomic mass is 10.1. The van der Waals surface area contributed by atoms with Gasteiger partial charge in [-0.1, -0.05) is 45.6 Å². The molecule has 0 aliphatic heterocycles. The van der Waals surface area contributed by atoms with Crippen LogP contribution in [0.5, 0.6) is 5.75 Å². The maximum Gasteiger partial charge on any atom is 0.307 e. The summed E-state index contributed by atoms with van der Waals surface area (Å²) in [6, 6.07) is 10.1. The second-order valence-corrected chi connectivity index (χ2v) is 9.46. The molecule has 0 aliphatic rings. The van der Waals surface area contributed by atoms with Crippen molar-refractivity contribution < 1.29 is 19.4 Å². The van der Waals surface area contributed by atoms with Crippen LogP contribution in [-0.4, -0.2) is 39.6 Å². The van der Waals surface area contributed by atoms with E-state index in [9.17, 15) is 4.79 Å². The van der Waals surface area contributed by atoms with Crippen LogP contribution in [0.2, 0.25) is 0 Å². The molecule has 0 saturated carbocycles. The Hall–Kier alpha value is -3.32. The van der Waals surface area contributed by atoms with E-state index in [2.05, 4.69) is 55.1 Å². The van der Waals surface area contributed by atoms with Gasteiger partial charge in [0.15, 0.2) is 0 Å². The first-order valence-corrected chi connectivity index (χ1v) is 13.5. The maximum atomic E-state index is 10.7. The lowest BCUT2D eigenvalue weighted by Gasteiger charge is -2.26. The maximum absolute atomic E-state index is 10.7. The highest BCUT2D eigenvalue weighted by atomic mass is 16.5. The Kier molecular flexibility index (Phi) is 15.5. The number of nitrogens with zero attached hydrogens (tertiary/aromatic N) is 2. The molecular weight excluding hydrogens is 478 g/mol. The number of aromatic nitrogens is 2. The summed E-state index contributed by atoms with van der Waals surface area (Å²) in [7, 11) is 1.97. The van der Waals surface area contributed by atoms with Gasteiger partial charge in [-0.25, -0.2) is 0 Å². The normalized spacial score (nSPS) is 11.7. The molecule has 7 nitrogen and oxygen atoms in total. The Morgan fingerprint density at radius 1 is 1.16 bits per heavy atom. The SMILES string of the molecule is C=CCOc1ccc(-c2cc(CNCC)nn2C)cc1.CC/C=C\CC/C=C(\CC)OC(C)(C)CC(=O)O. The summed E-state index contributed by atoms with van der Waals surface area (Å²) >= 11 is 0. The summed E-state index contributed by atoms with van der Waals surface area (Å²) in [6.07, 6.45) is 11.9. The molecule has 1 heterocycles. The zero-order valence-electron chi connectivity index (χ0n) is 24.1. The first kappa shape index (κ1) is 32.7. The number of aliphatic carboxylic acids is 1. The average molecular weight is 526 g/mol. The van der Waals surface area contributed by atoms with E-state index in [-0.39, 0.29) is 6.42 Å².